The van der Waals surface area contributed by atoms with E-state index >= 15 is 0 Å². The van der Waals surface area contributed by atoms with Gasteiger partial charge in [0.1, 0.15) is 12.4 Å². The summed E-state index contributed by atoms with van der Waals surface area (Å²) in [6, 6.07) is 6.96. The Morgan fingerprint density at radius 1 is 1.35 bits per heavy atom. The van der Waals surface area contributed by atoms with Crippen LogP contribution in [-0.2, 0) is 10.0 Å². The van der Waals surface area contributed by atoms with Crippen LogP contribution in [0.2, 0.25) is 0 Å². The Bertz CT molecular complexity index is 503. The molecule has 0 radical (unpaired) electrons. The second kappa shape index (κ2) is 8.11. The molecule has 1 rings (SSSR count). The molecule has 6 heteroatoms. The number of ether oxygens (including phenoxy) is 1. The van der Waals surface area contributed by atoms with Gasteiger partial charge in [-0.1, -0.05) is 26.3 Å². The molecule has 0 heterocycles. The van der Waals surface area contributed by atoms with Gasteiger partial charge < -0.3 is 10.5 Å². The normalized spacial score (nSPS) is 13.1. The maximum Gasteiger partial charge on any atom is 0.215 e. The van der Waals surface area contributed by atoms with Crippen LogP contribution in [0.5, 0.6) is 5.75 Å². The van der Waals surface area contributed by atoms with Gasteiger partial charge >= 0.3 is 0 Å². The van der Waals surface area contributed by atoms with Crippen LogP contribution in [0.15, 0.2) is 24.3 Å². The lowest BCUT2D eigenvalue weighted by Gasteiger charge is -2.16. The van der Waals surface area contributed by atoms with Crippen LogP contribution in [-0.4, -0.2) is 26.8 Å². The smallest absolute Gasteiger partial charge is 0.215 e. The summed E-state index contributed by atoms with van der Waals surface area (Å²) < 4.78 is 31.9. The van der Waals surface area contributed by atoms with Crippen molar-refractivity contribution in [1.29, 1.82) is 0 Å². The van der Waals surface area contributed by atoms with Gasteiger partial charge in [0.15, 0.2) is 0 Å². The van der Waals surface area contributed by atoms with E-state index in [9.17, 15) is 8.42 Å². The molecule has 0 amide bonds. The Morgan fingerprint density at radius 3 is 2.70 bits per heavy atom. The fourth-order valence-corrected chi connectivity index (χ4v) is 3.09. The fraction of sp³-hybridized carbons (Fsp3) is 0.571. The number of nitrogens with two attached hydrogens (primary N) is 1. The van der Waals surface area contributed by atoms with Gasteiger partial charge in [0.2, 0.25) is 10.0 Å². The van der Waals surface area contributed by atoms with E-state index in [0.717, 1.165) is 19.3 Å². The lowest BCUT2D eigenvalue weighted by atomic mass is 10.1. The summed E-state index contributed by atoms with van der Waals surface area (Å²) >= 11 is 0. The standard InChI is InChI=1S/C14H24N2O3S/c1-3-6-13(4-2)16-20(17,18)10-9-19-14-8-5-7-12(15)11-14/h5,7-8,11,13,16H,3-4,6,9-10,15H2,1-2H3. The first kappa shape index (κ1) is 16.8. The molecule has 1 aromatic carbocycles. The second-order valence-electron chi connectivity index (χ2n) is 4.75. The summed E-state index contributed by atoms with van der Waals surface area (Å²) in [7, 11) is -3.30. The van der Waals surface area contributed by atoms with Crippen LogP contribution in [0.25, 0.3) is 0 Å². The first-order valence-corrected chi connectivity index (χ1v) is 8.60. The fourth-order valence-electron chi connectivity index (χ4n) is 1.88. The minimum absolute atomic E-state index is 0.0115. The molecular weight excluding hydrogens is 276 g/mol. The first-order chi connectivity index (χ1) is 9.46. The predicted molar refractivity (Wildman–Crippen MR) is 82.3 cm³/mol. The van der Waals surface area contributed by atoms with Crippen molar-refractivity contribution in [3.8, 4) is 5.75 Å². The molecule has 3 N–H and O–H groups in total. The molecule has 1 unspecified atom stereocenters. The van der Waals surface area contributed by atoms with E-state index in [1.807, 2.05) is 13.8 Å². The lowest BCUT2D eigenvalue weighted by molar-refractivity contribution is 0.340. The van der Waals surface area contributed by atoms with Crippen LogP contribution in [0.3, 0.4) is 0 Å². The minimum atomic E-state index is -3.30. The zero-order valence-electron chi connectivity index (χ0n) is 12.1. The van der Waals surface area contributed by atoms with Gasteiger partial charge in [0.05, 0.1) is 5.75 Å². The molecule has 0 aliphatic heterocycles. The topological polar surface area (TPSA) is 81.4 Å². The zero-order valence-corrected chi connectivity index (χ0v) is 12.9. The number of rotatable bonds is 9. The maximum atomic E-state index is 11.9. The number of anilines is 1. The third-order valence-electron chi connectivity index (χ3n) is 2.96. The predicted octanol–water partition coefficient (Wildman–Crippen LogP) is 2.15. The van der Waals surface area contributed by atoms with Crippen molar-refractivity contribution in [3.63, 3.8) is 0 Å². The van der Waals surface area contributed by atoms with E-state index in [0.29, 0.717) is 11.4 Å². The number of hydrogen-bond donors (Lipinski definition) is 2. The summed E-state index contributed by atoms with van der Waals surface area (Å²) in [6.45, 7) is 4.13. The van der Waals surface area contributed by atoms with Gasteiger partial charge in [-0.15, -0.1) is 0 Å². The van der Waals surface area contributed by atoms with E-state index in [-0.39, 0.29) is 18.4 Å². The number of benzene rings is 1. The molecule has 0 aromatic heterocycles. The molecule has 0 saturated heterocycles. The number of hydrogen-bond acceptors (Lipinski definition) is 4. The molecule has 0 spiro atoms. The van der Waals surface area contributed by atoms with Crippen molar-refractivity contribution < 1.29 is 13.2 Å². The van der Waals surface area contributed by atoms with Crippen molar-refractivity contribution >= 4 is 15.7 Å². The minimum Gasteiger partial charge on any atom is -0.492 e. The van der Waals surface area contributed by atoms with Crippen LogP contribution in [0.1, 0.15) is 33.1 Å². The molecule has 5 nitrogen and oxygen atoms in total. The van der Waals surface area contributed by atoms with Gasteiger partial charge in [-0.05, 0) is 25.0 Å². The molecule has 1 aromatic rings. The highest BCUT2D eigenvalue weighted by Gasteiger charge is 2.16. The monoisotopic (exact) mass is 300 g/mol. The Morgan fingerprint density at radius 2 is 2.10 bits per heavy atom. The average Bonchev–Trinajstić information content (AvgIpc) is 2.38. The van der Waals surface area contributed by atoms with Gasteiger partial charge in [-0.3, -0.25) is 0 Å². The summed E-state index contributed by atoms with van der Waals surface area (Å²) in [5, 5.41) is 0. The Labute approximate surface area is 121 Å². The molecule has 20 heavy (non-hydrogen) atoms. The van der Waals surface area contributed by atoms with Crippen molar-refractivity contribution in [2.75, 3.05) is 18.1 Å². The Balaban J connectivity index is 2.43. The second-order valence-corrected chi connectivity index (χ2v) is 6.62. The molecule has 1 atom stereocenters. The molecule has 0 fully saturated rings. The third-order valence-corrected chi connectivity index (χ3v) is 4.35. The zero-order chi connectivity index (χ0) is 15.0. The largest absolute Gasteiger partial charge is 0.492 e. The highest BCUT2D eigenvalue weighted by atomic mass is 32.2. The molecular formula is C14H24N2O3S. The first-order valence-electron chi connectivity index (χ1n) is 6.95. The van der Waals surface area contributed by atoms with Gasteiger partial charge in [0, 0.05) is 17.8 Å². The van der Waals surface area contributed by atoms with Gasteiger partial charge in [0.25, 0.3) is 0 Å². The van der Waals surface area contributed by atoms with E-state index in [1.165, 1.54) is 0 Å². The molecule has 0 saturated carbocycles. The lowest BCUT2D eigenvalue weighted by Crippen LogP contribution is -2.37. The number of sulfonamides is 1. The SMILES string of the molecule is CCCC(CC)NS(=O)(=O)CCOc1cccc(N)c1. The molecule has 0 aliphatic carbocycles. The molecule has 0 bridgehead atoms. The quantitative estimate of drug-likeness (QED) is 0.685. The summed E-state index contributed by atoms with van der Waals surface area (Å²) in [5.41, 5.74) is 6.22. The Kier molecular flexibility index (Phi) is 6.81. The van der Waals surface area contributed by atoms with E-state index in [2.05, 4.69) is 4.72 Å². The van der Waals surface area contributed by atoms with Crippen molar-refractivity contribution in [2.45, 2.75) is 39.2 Å². The van der Waals surface area contributed by atoms with Gasteiger partial charge in [-0.2, -0.15) is 0 Å². The molecule has 114 valence electrons. The van der Waals surface area contributed by atoms with E-state index < -0.39 is 10.0 Å². The summed E-state index contributed by atoms with van der Waals surface area (Å²) in [6.07, 6.45) is 2.61. The third kappa shape index (κ3) is 6.25. The van der Waals surface area contributed by atoms with Gasteiger partial charge in [-0.25, -0.2) is 13.1 Å². The number of nitrogens with one attached hydrogen (secondary N) is 1. The van der Waals surface area contributed by atoms with Crippen LogP contribution in [0.4, 0.5) is 5.69 Å². The Hall–Kier alpha value is -1.27. The van der Waals surface area contributed by atoms with E-state index in [1.54, 1.807) is 24.3 Å². The highest BCUT2D eigenvalue weighted by Crippen LogP contribution is 2.14. The average molecular weight is 300 g/mol. The maximum absolute atomic E-state index is 11.9. The summed E-state index contributed by atoms with van der Waals surface area (Å²) in [5.74, 6) is 0.531. The highest BCUT2D eigenvalue weighted by molar-refractivity contribution is 7.89. The van der Waals surface area contributed by atoms with Crippen molar-refractivity contribution in [2.24, 2.45) is 0 Å². The summed E-state index contributed by atoms with van der Waals surface area (Å²) in [4.78, 5) is 0. The number of nitrogen functional groups attached to an aromatic ring is 1. The van der Waals surface area contributed by atoms with Crippen molar-refractivity contribution in [3.05, 3.63) is 24.3 Å². The van der Waals surface area contributed by atoms with Crippen molar-refractivity contribution in [1.82, 2.24) is 4.72 Å². The molecule has 0 aliphatic rings. The van der Waals surface area contributed by atoms with Crippen LogP contribution in [0, 0.1) is 0 Å². The van der Waals surface area contributed by atoms with E-state index in [4.69, 9.17) is 10.5 Å². The van der Waals surface area contributed by atoms with Crippen LogP contribution < -0.4 is 15.2 Å². The van der Waals surface area contributed by atoms with Crippen LogP contribution >= 0.6 is 0 Å².